The Morgan fingerprint density at radius 1 is 1.22 bits per heavy atom. The van der Waals surface area contributed by atoms with Gasteiger partial charge in [0, 0.05) is 28.5 Å². The second-order valence-electron chi connectivity index (χ2n) is 5.73. The largest absolute Gasteiger partial charge is 0.341 e. The van der Waals surface area contributed by atoms with Gasteiger partial charge in [-0.25, -0.2) is 5.14 Å². The first kappa shape index (κ1) is 17.4. The van der Waals surface area contributed by atoms with Crippen LogP contribution >= 0.6 is 23.2 Å². The van der Waals surface area contributed by atoms with E-state index in [-0.39, 0.29) is 6.61 Å². The van der Waals surface area contributed by atoms with Gasteiger partial charge in [0.1, 0.15) is 12.2 Å². The van der Waals surface area contributed by atoms with Crippen LogP contribution in [0.5, 0.6) is 0 Å². The van der Waals surface area contributed by atoms with E-state index < -0.39 is 28.3 Å². The maximum atomic E-state index is 11.1. The molecule has 0 radical (unpaired) electrons. The van der Waals surface area contributed by atoms with Crippen LogP contribution in [0, 0.1) is 0 Å². The van der Waals surface area contributed by atoms with Crippen molar-refractivity contribution in [3.05, 3.63) is 33.8 Å². The predicted octanol–water partition coefficient (Wildman–Crippen LogP) is 2.94. The minimum absolute atomic E-state index is 0.257. The summed E-state index contributed by atoms with van der Waals surface area (Å²) in [4.78, 5) is 0. The summed E-state index contributed by atoms with van der Waals surface area (Å²) in [7, 11) is -4.07. The van der Waals surface area contributed by atoms with Crippen molar-refractivity contribution in [3.63, 3.8) is 0 Å². The number of ether oxygens (including phenoxy) is 2. The molecule has 1 aromatic rings. The zero-order valence-electron chi connectivity index (χ0n) is 12.2. The Bertz CT molecular complexity index is 670. The molecule has 1 saturated heterocycles. The lowest BCUT2D eigenvalue weighted by atomic mass is 10.0. The van der Waals surface area contributed by atoms with Crippen molar-refractivity contribution in [2.75, 3.05) is 6.61 Å². The van der Waals surface area contributed by atoms with Crippen molar-refractivity contribution < 1.29 is 22.1 Å². The highest BCUT2D eigenvalue weighted by atomic mass is 35.5. The maximum Gasteiger partial charge on any atom is 0.333 e. The monoisotopic (exact) mass is 381 g/mol. The van der Waals surface area contributed by atoms with Gasteiger partial charge in [-0.15, -0.1) is 0 Å². The van der Waals surface area contributed by atoms with E-state index in [9.17, 15) is 8.42 Å². The van der Waals surface area contributed by atoms with E-state index in [2.05, 4.69) is 0 Å². The van der Waals surface area contributed by atoms with E-state index in [0.29, 0.717) is 15.6 Å². The van der Waals surface area contributed by atoms with E-state index in [1.165, 1.54) is 0 Å². The van der Waals surface area contributed by atoms with Gasteiger partial charge in [-0.1, -0.05) is 29.3 Å². The molecular formula is C14H17Cl2NO5S. The molecule has 1 saturated carbocycles. The van der Waals surface area contributed by atoms with Crippen LogP contribution in [0.15, 0.2) is 18.2 Å². The third-order valence-electron chi connectivity index (χ3n) is 4.09. The minimum atomic E-state index is -4.07. The molecule has 9 heteroatoms. The van der Waals surface area contributed by atoms with Gasteiger partial charge < -0.3 is 9.47 Å². The van der Waals surface area contributed by atoms with E-state index in [0.717, 1.165) is 25.7 Å². The lowest BCUT2D eigenvalue weighted by Gasteiger charge is -2.22. The second-order valence-corrected chi connectivity index (χ2v) is 7.76. The van der Waals surface area contributed by atoms with Crippen molar-refractivity contribution in [1.82, 2.24) is 0 Å². The number of benzene rings is 1. The standard InChI is InChI=1S/C14H17Cl2NO5S/c15-9-4-3-5-10(16)12(9)13-11(8-20-23(17,18)19)21-14(22-13)6-1-2-7-14/h3-5,11,13H,1-2,6-8H2,(H2,17,18,19)/t11-,13+/m0/s1. The third kappa shape index (κ3) is 3.82. The quantitative estimate of drug-likeness (QED) is 0.865. The Balaban J connectivity index is 1.90. The fourth-order valence-corrected chi connectivity index (χ4v) is 4.07. The third-order valence-corrected chi connectivity index (χ3v) is 5.22. The van der Waals surface area contributed by atoms with Gasteiger partial charge in [0.15, 0.2) is 5.79 Å². The van der Waals surface area contributed by atoms with E-state index >= 15 is 0 Å². The van der Waals surface area contributed by atoms with Crippen molar-refractivity contribution in [3.8, 4) is 0 Å². The molecule has 0 aromatic heterocycles. The minimum Gasteiger partial charge on any atom is -0.341 e. The summed E-state index contributed by atoms with van der Waals surface area (Å²) in [6.45, 7) is -0.257. The molecule has 0 unspecified atom stereocenters. The fraction of sp³-hybridized carbons (Fsp3) is 0.571. The van der Waals surface area contributed by atoms with Gasteiger partial charge in [-0.3, -0.25) is 4.18 Å². The Kier molecular flexibility index (Phi) is 4.90. The van der Waals surface area contributed by atoms with Gasteiger partial charge >= 0.3 is 10.3 Å². The molecule has 6 nitrogen and oxygen atoms in total. The highest BCUT2D eigenvalue weighted by Crippen LogP contribution is 2.49. The summed E-state index contributed by atoms with van der Waals surface area (Å²) in [5, 5.41) is 5.77. The predicted molar refractivity (Wildman–Crippen MR) is 85.4 cm³/mol. The zero-order chi connectivity index (χ0) is 16.7. The molecule has 0 bridgehead atoms. The normalized spacial score (nSPS) is 26.9. The molecule has 1 heterocycles. The summed E-state index contributed by atoms with van der Waals surface area (Å²) >= 11 is 12.5. The first-order chi connectivity index (χ1) is 10.8. The Labute approximate surface area is 145 Å². The molecule has 3 rings (SSSR count). The topological polar surface area (TPSA) is 87.9 Å². The average Bonchev–Trinajstić information content (AvgIpc) is 3.04. The van der Waals surface area contributed by atoms with E-state index in [4.69, 9.17) is 42.0 Å². The summed E-state index contributed by atoms with van der Waals surface area (Å²) in [6, 6.07) is 5.12. The zero-order valence-corrected chi connectivity index (χ0v) is 14.5. The molecule has 1 aliphatic carbocycles. The van der Waals surface area contributed by atoms with Crippen LogP contribution in [0.3, 0.4) is 0 Å². The Morgan fingerprint density at radius 2 is 1.83 bits per heavy atom. The molecule has 2 N–H and O–H groups in total. The van der Waals surface area contributed by atoms with Gasteiger partial charge in [0.05, 0.1) is 6.61 Å². The molecule has 128 valence electrons. The van der Waals surface area contributed by atoms with Crippen molar-refractivity contribution in [1.29, 1.82) is 0 Å². The molecule has 1 aromatic carbocycles. The number of halogens is 2. The van der Waals surface area contributed by atoms with Crippen molar-refractivity contribution in [2.24, 2.45) is 5.14 Å². The molecule has 23 heavy (non-hydrogen) atoms. The SMILES string of the molecule is NS(=O)(=O)OC[C@@H]1OC2(CCCC2)O[C@H]1c1c(Cl)cccc1Cl. The number of rotatable bonds is 4. The highest BCUT2D eigenvalue weighted by molar-refractivity contribution is 7.84. The smallest absolute Gasteiger partial charge is 0.333 e. The lowest BCUT2D eigenvalue weighted by Crippen LogP contribution is -2.29. The van der Waals surface area contributed by atoms with E-state index in [1.54, 1.807) is 18.2 Å². The molecule has 1 aliphatic heterocycles. The first-order valence-corrected chi connectivity index (χ1v) is 9.49. The van der Waals surface area contributed by atoms with Gasteiger partial charge in [-0.2, -0.15) is 8.42 Å². The second kappa shape index (κ2) is 6.48. The summed E-state index contributed by atoms with van der Waals surface area (Å²) in [5.41, 5.74) is 0.572. The molecule has 0 amide bonds. The number of hydrogen-bond acceptors (Lipinski definition) is 5. The summed E-state index contributed by atoms with van der Waals surface area (Å²) in [5.74, 6) is -0.737. The molecule has 2 aliphatic rings. The average molecular weight is 382 g/mol. The molecular weight excluding hydrogens is 365 g/mol. The Morgan fingerprint density at radius 3 is 2.39 bits per heavy atom. The number of nitrogens with two attached hydrogens (primary N) is 1. The van der Waals surface area contributed by atoms with Gasteiger partial charge in [-0.05, 0) is 25.0 Å². The molecule has 2 fully saturated rings. The summed E-state index contributed by atoms with van der Waals surface area (Å²) in [6.07, 6.45) is 2.15. The Hall–Kier alpha value is -0.410. The van der Waals surface area contributed by atoms with Crippen LogP contribution in [-0.4, -0.2) is 26.9 Å². The summed E-state index contributed by atoms with van der Waals surface area (Å²) < 4.78 is 39.0. The van der Waals surface area contributed by atoms with Crippen LogP contribution in [0.2, 0.25) is 10.0 Å². The van der Waals surface area contributed by atoms with Crippen LogP contribution in [0.4, 0.5) is 0 Å². The first-order valence-electron chi connectivity index (χ1n) is 7.26. The van der Waals surface area contributed by atoms with Crippen molar-refractivity contribution in [2.45, 2.75) is 43.7 Å². The van der Waals surface area contributed by atoms with Gasteiger partial charge in [0.2, 0.25) is 0 Å². The van der Waals surface area contributed by atoms with Gasteiger partial charge in [0.25, 0.3) is 0 Å². The van der Waals surface area contributed by atoms with Crippen LogP contribution in [0.1, 0.15) is 37.4 Å². The van der Waals surface area contributed by atoms with Crippen LogP contribution in [-0.2, 0) is 24.0 Å². The van der Waals surface area contributed by atoms with Crippen LogP contribution < -0.4 is 5.14 Å². The molecule has 2 atom stereocenters. The lowest BCUT2D eigenvalue weighted by molar-refractivity contribution is -0.171. The van der Waals surface area contributed by atoms with Crippen molar-refractivity contribution >= 4 is 33.5 Å². The molecule has 1 spiro atoms. The maximum absolute atomic E-state index is 11.1. The van der Waals surface area contributed by atoms with E-state index in [1.807, 2.05) is 0 Å². The number of hydrogen-bond donors (Lipinski definition) is 1. The fourth-order valence-electron chi connectivity index (χ4n) is 3.13. The highest BCUT2D eigenvalue weighted by Gasteiger charge is 2.50. The van der Waals surface area contributed by atoms with Crippen LogP contribution in [0.25, 0.3) is 0 Å².